The number of rotatable bonds is 4. The van der Waals surface area contributed by atoms with Crippen LogP contribution in [0.15, 0.2) is 71.9 Å². The smallest absolute Gasteiger partial charge is 0.378 e. The second-order valence-corrected chi connectivity index (χ2v) is 8.84. The first-order valence-electron chi connectivity index (χ1n) is 12.3. The van der Waals surface area contributed by atoms with E-state index in [1.807, 2.05) is 48.5 Å². The molecule has 0 radical (unpaired) electrons. The number of urea groups is 1. The first-order chi connectivity index (χ1) is 19.5. The summed E-state index contributed by atoms with van der Waals surface area (Å²) in [6.45, 7) is 1.55. The number of alkyl halides is 3. The van der Waals surface area contributed by atoms with Gasteiger partial charge in [0.05, 0.1) is 35.9 Å². The SMILES string of the molecule is NC(=O)NC1N=C(c2ccccc2)c2ccccc2NC1=O.NC(=O)c1ncc(C(F)(F)F)cc1N1CCOCC1. The molecule has 5 rings (SSSR count). The highest BCUT2D eigenvalue weighted by molar-refractivity contribution is 6.19. The largest absolute Gasteiger partial charge is 0.417 e. The van der Waals surface area contributed by atoms with E-state index in [0.717, 1.165) is 17.2 Å². The predicted octanol–water partition coefficient (Wildman–Crippen LogP) is 2.51. The number of benzodiazepines with no additional fused rings is 1. The molecular weight excluding hydrogens is 543 g/mol. The third kappa shape index (κ3) is 7.16. The summed E-state index contributed by atoms with van der Waals surface area (Å²) in [4.78, 5) is 44.1. The van der Waals surface area contributed by atoms with Gasteiger partial charge in [0, 0.05) is 30.4 Å². The van der Waals surface area contributed by atoms with E-state index in [1.165, 1.54) is 0 Å². The number of hydrogen-bond acceptors (Lipinski definition) is 7. The van der Waals surface area contributed by atoms with Gasteiger partial charge in [0.15, 0.2) is 5.69 Å². The van der Waals surface area contributed by atoms with Crippen LogP contribution in [0.5, 0.6) is 0 Å². The molecule has 2 aliphatic rings. The molecule has 1 saturated heterocycles. The number of carbonyl (C=O) groups excluding carboxylic acids is 3. The molecule has 1 fully saturated rings. The van der Waals surface area contributed by atoms with E-state index < -0.39 is 35.8 Å². The zero-order chi connectivity index (χ0) is 29.6. The monoisotopic (exact) mass is 569 g/mol. The summed E-state index contributed by atoms with van der Waals surface area (Å²) in [6, 6.07) is 16.9. The third-order valence-electron chi connectivity index (χ3n) is 6.05. The van der Waals surface area contributed by atoms with Crippen LogP contribution in [0, 0.1) is 0 Å². The van der Waals surface area contributed by atoms with Gasteiger partial charge in [-0.2, -0.15) is 13.2 Å². The van der Waals surface area contributed by atoms with E-state index in [-0.39, 0.29) is 11.4 Å². The van der Waals surface area contributed by atoms with Gasteiger partial charge in [0.2, 0.25) is 6.17 Å². The lowest BCUT2D eigenvalue weighted by Crippen LogP contribution is -2.44. The first-order valence-corrected chi connectivity index (χ1v) is 12.3. The van der Waals surface area contributed by atoms with E-state index in [4.69, 9.17) is 16.2 Å². The number of halogens is 3. The van der Waals surface area contributed by atoms with Crippen molar-refractivity contribution in [3.63, 3.8) is 0 Å². The molecule has 3 heterocycles. The minimum atomic E-state index is -4.51. The Morgan fingerprint density at radius 3 is 2.32 bits per heavy atom. The Morgan fingerprint density at radius 2 is 1.68 bits per heavy atom. The van der Waals surface area contributed by atoms with Gasteiger partial charge in [-0.3, -0.25) is 9.59 Å². The number of ether oxygens (including phenoxy) is 1. The standard InChI is InChI=1S/C16H14N4O2.C11H12F3N3O2/c17-16(22)20-14-15(21)18-12-9-5-4-8-11(12)13(19-14)10-6-2-1-3-7-10;12-11(13,14)7-5-8(9(10(15)18)16-6-7)17-1-3-19-4-2-17/h1-9,14H,(H,18,21)(H3,17,20,22);5-6H,1-4H2,(H2,15,18). The van der Waals surface area contributed by atoms with Crippen LogP contribution in [0.2, 0.25) is 0 Å². The summed E-state index contributed by atoms with van der Waals surface area (Å²) in [5, 5.41) is 5.10. The average molecular weight is 570 g/mol. The number of carbonyl (C=O) groups is 3. The van der Waals surface area contributed by atoms with E-state index in [0.29, 0.717) is 43.9 Å². The number of nitrogens with one attached hydrogen (secondary N) is 2. The molecule has 0 aliphatic carbocycles. The molecule has 0 bridgehead atoms. The Kier molecular flexibility index (Phi) is 8.82. The third-order valence-corrected chi connectivity index (χ3v) is 6.05. The second-order valence-electron chi connectivity index (χ2n) is 8.84. The summed E-state index contributed by atoms with van der Waals surface area (Å²) in [7, 11) is 0. The number of fused-ring (bicyclic) bond motifs is 1. The van der Waals surface area contributed by atoms with Crippen LogP contribution in [0.1, 0.15) is 27.2 Å². The van der Waals surface area contributed by atoms with Gasteiger partial charge in [-0.25, -0.2) is 14.8 Å². The molecule has 1 atom stereocenters. The fourth-order valence-electron chi connectivity index (χ4n) is 4.16. The van der Waals surface area contributed by atoms with Crippen molar-refractivity contribution in [3.05, 3.63) is 89.2 Å². The van der Waals surface area contributed by atoms with Crippen LogP contribution < -0.4 is 27.0 Å². The number of para-hydroxylation sites is 1. The maximum atomic E-state index is 12.7. The van der Waals surface area contributed by atoms with Crippen molar-refractivity contribution in [2.45, 2.75) is 12.3 Å². The van der Waals surface area contributed by atoms with Gasteiger partial charge in [-0.1, -0.05) is 48.5 Å². The summed E-state index contributed by atoms with van der Waals surface area (Å²) in [6.07, 6.45) is -4.96. The highest BCUT2D eigenvalue weighted by Gasteiger charge is 2.33. The van der Waals surface area contributed by atoms with Crippen LogP contribution in [-0.4, -0.2) is 61.0 Å². The van der Waals surface area contributed by atoms with E-state index >= 15 is 0 Å². The lowest BCUT2D eigenvalue weighted by molar-refractivity contribution is -0.137. The van der Waals surface area contributed by atoms with E-state index in [1.54, 1.807) is 11.0 Å². The Morgan fingerprint density at radius 1 is 1.02 bits per heavy atom. The Bertz CT molecular complexity index is 1460. The fraction of sp³-hybridized carbons (Fsp3) is 0.222. The summed E-state index contributed by atoms with van der Waals surface area (Å²) < 4.78 is 43.1. The summed E-state index contributed by atoms with van der Waals surface area (Å²) >= 11 is 0. The maximum absolute atomic E-state index is 12.7. The molecule has 214 valence electrons. The average Bonchev–Trinajstić information content (AvgIpc) is 3.09. The minimum absolute atomic E-state index is 0.102. The second kappa shape index (κ2) is 12.5. The van der Waals surface area contributed by atoms with Gasteiger partial charge in [-0.15, -0.1) is 0 Å². The highest BCUT2D eigenvalue weighted by Crippen LogP contribution is 2.32. The molecule has 2 aliphatic heterocycles. The van der Waals surface area contributed by atoms with Crippen LogP contribution in [0.3, 0.4) is 0 Å². The number of amides is 4. The normalized spacial score (nSPS) is 16.7. The minimum Gasteiger partial charge on any atom is -0.378 e. The quantitative estimate of drug-likeness (QED) is 0.377. The number of aromatic nitrogens is 1. The molecule has 11 nitrogen and oxygen atoms in total. The van der Waals surface area contributed by atoms with Crippen LogP contribution >= 0.6 is 0 Å². The van der Waals surface area contributed by atoms with Gasteiger partial charge >= 0.3 is 12.2 Å². The van der Waals surface area contributed by atoms with Crippen molar-refractivity contribution in [1.82, 2.24) is 10.3 Å². The topological polar surface area (TPSA) is 165 Å². The zero-order valence-electron chi connectivity index (χ0n) is 21.5. The molecule has 14 heteroatoms. The molecule has 4 amide bonds. The molecule has 1 unspecified atom stereocenters. The van der Waals surface area contributed by atoms with Gasteiger partial charge in [-0.05, 0) is 12.1 Å². The summed E-state index contributed by atoms with van der Waals surface area (Å²) in [5.74, 6) is -1.28. The van der Waals surface area contributed by atoms with Crippen molar-refractivity contribution in [2.24, 2.45) is 16.5 Å². The van der Waals surface area contributed by atoms with Crippen LogP contribution in [-0.2, 0) is 15.7 Å². The number of morpholine rings is 1. The Hall–Kier alpha value is -4.98. The van der Waals surface area contributed by atoms with E-state index in [9.17, 15) is 27.6 Å². The molecule has 6 N–H and O–H groups in total. The molecule has 41 heavy (non-hydrogen) atoms. The van der Waals surface area contributed by atoms with Crippen molar-refractivity contribution < 1.29 is 32.3 Å². The molecule has 2 aromatic carbocycles. The number of nitrogens with zero attached hydrogens (tertiary/aromatic N) is 3. The van der Waals surface area contributed by atoms with Crippen LogP contribution in [0.4, 0.5) is 29.3 Å². The van der Waals surface area contributed by atoms with Gasteiger partial charge in [0.25, 0.3) is 11.8 Å². The van der Waals surface area contributed by atoms with Crippen LogP contribution in [0.25, 0.3) is 0 Å². The molecule has 0 saturated carbocycles. The number of primary amides is 2. The summed E-state index contributed by atoms with van der Waals surface area (Å²) in [5.41, 5.74) is 12.2. The van der Waals surface area contributed by atoms with Crippen molar-refractivity contribution in [1.29, 1.82) is 0 Å². The maximum Gasteiger partial charge on any atom is 0.417 e. The highest BCUT2D eigenvalue weighted by atomic mass is 19.4. The van der Waals surface area contributed by atoms with Gasteiger partial charge < -0.3 is 31.7 Å². The number of nitrogens with two attached hydrogens (primary N) is 2. The number of pyridine rings is 1. The molecule has 1 aromatic heterocycles. The molecule has 3 aromatic rings. The number of anilines is 2. The molecular formula is C27H26F3N7O4. The lowest BCUT2D eigenvalue weighted by Gasteiger charge is -2.30. The van der Waals surface area contributed by atoms with Gasteiger partial charge in [0.1, 0.15) is 0 Å². The van der Waals surface area contributed by atoms with Crippen molar-refractivity contribution in [3.8, 4) is 0 Å². The van der Waals surface area contributed by atoms with Crippen molar-refractivity contribution in [2.75, 3.05) is 36.5 Å². The number of benzene rings is 2. The van der Waals surface area contributed by atoms with E-state index in [2.05, 4.69) is 20.6 Å². The molecule has 0 spiro atoms. The fourth-order valence-corrected chi connectivity index (χ4v) is 4.16. The number of hydrogen-bond donors (Lipinski definition) is 4. The van der Waals surface area contributed by atoms with Crippen molar-refractivity contribution >= 4 is 34.9 Å². The Labute approximate surface area is 232 Å². The predicted molar refractivity (Wildman–Crippen MR) is 144 cm³/mol. The lowest BCUT2D eigenvalue weighted by atomic mass is 10.0. The Balaban J connectivity index is 0.000000191. The number of aliphatic imine (C=N–C) groups is 1. The first kappa shape index (κ1) is 29.0. The zero-order valence-corrected chi connectivity index (χ0v) is 21.5.